The van der Waals surface area contributed by atoms with Gasteiger partial charge in [-0.15, -0.1) is 0 Å². The van der Waals surface area contributed by atoms with Gasteiger partial charge in [-0.25, -0.2) is 0 Å². The number of carbonyl (C=O) groups excluding carboxylic acids is 1. The number of ether oxygens (including phenoxy) is 2. The van der Waals surface area contributed by atoms with Gasteiger partial charge in [-0.2, -0.15) is 0 Å². The zero-order valence-electron chi connectivity index (χ0n) is 12.4. The number of aliphatic hydroxyl groups is 1. The Kier molecular flexibility index (Phi) is 6.87. The minimum Gasteiger partial charge on any atom is -0.493 e. The SMILES string of the molecule is CCCN(CCO)C(=O)COc1ccc(C)cc1OC. The summed E-state index contributed by atoms with van der Waals surface area (Å²) in [6.07, 6.45) is 0.847. The number of rotatable bonds is 8. The van der Waals surface area contributed by atoms with E-state index in [-0.39, 0.29) is 19.1 Å². The minimum atomic E-state index is -0.136. The molecule has 0 unspecified atom stereocenters. The fraction of sp³-hybridized carbons (Fsp3) is 0.533. The van der Waals surface area contributed by atoms with Gasteiger partial charge in [0.1, 0.15) is 0 Å². The highest BCUT2D eigenvalue weighted by Gasteiger charge is 2.14. The summed E-state index contributed by atoms with van der Waals surface area (Å²) in [7, 11) is 1.57. The first-order valence-corrected chi connectivity index (χ1v) is 6.78. The van der Waals surface area contributed by atoms with Gasteiger partial charge < -0.3 is 19.5 Å². The van der Waals surface area contributed by atoms with Crippen LogP contribution in [0.2, 0.25) is 0 Å². The van der Waals surface area contributed by atoms with Gasteiger partial charge in [-0.3, -0.25) is 4.79 Å². The Labute approximate surface area is 120 Å². The van der Waals surface area contributed by atoms with Crippen molar-refractivity contribution in [2.24, 2.45) is 0 Å². The zero-order valence-corrected chi connectivity index (χ0v) is 12.4. The first-order chi connectivity index (χ1) is 9.62. The first kappa shape index (κ1) is 16.3. The summed E-state index contributed by atoms with van der Waals surface area (Å²) >= 11 is 0. The molecule has 0 saturated heterocycles. The van der Waals surface area contributed by atoms with Crippen LogP contribution in [0.1, 0.15) is 18.9 Å². The smallest absolute Gasteiger partial charge is 0.260 e. The molecule has 112 valence electrons. The molecule has 0 atom stereocenters. The number of carbonyl (C=O) groups is 1. The maximum atomic E-state index is 12.0. The van der Waals surface area contributed by atoms with Crippen molar-refractivity contribution in [2.75, 3.05) is 33.4 Å². The largest absolute Gasteiger partial charge is 0.493 e. The maximum absolute atomic E-state index is 12.0. The third-order valence-electron chi connectivity index (χ3n) is 2.89. The molecule has 0 heterocycles. The standard InChI is InChI=1S/C15H23NO4/c1-4-7-16(8-9-17)15(18)11-20-13-6-5-12(2)10-14(13)19-3/h5-6,10,17H,4,7-9,11H2,1-3H3. The molecule has 1 N–H and O–H groups in total. The summed E-state index contributed by atoms with van der Waals surface area (Å²) in [4.78, 5) is 13.6. The molecule has 5 heteroatoms. The van der Waals surface area contributed by atoms with Crippen LogP contribution in [0.4, 0.5) is 0 Å². The quantitative estimate of drug-likeness (QED) is 0.786. The number of amides is 1. The third-order valence-corrected chi connectivity index (χ3v) is 2.89. The Balaban J connectivity index is 2.63. The number of aliphatic hydroxyl groups excluding tert-OH is 1. The van der Waals surface area contributed by atoms with Crippen molar-refractivity contribution in [1.29, 1.82) is 0 Å². The highest BCUT2D eigenvalue weighted by Crippen LogP contribution is 2.27. The second-order valence-corrected chi connectivity index (χ2v) is 4.55. The zero-order chi connectivity index (χ0) is 15.0. The molecule has 0 radical (unpaired) electrons. The molecular formula is C15H23NO4. The second kappa shape index (κ2) is 8.43. The molecule has 0 saturated carbocycles. The van der Waals surface area contributed by atoms with Gasteiger partial charge in [-0.1, -0.05) is 13.0 Å². The fourth-order valence-corrected chi connectivity index (χ4v) is 1.88. The van der Waals surface area contributed by atoms with Crippen LogP contribution in [0.15, 0.2) is 18.2 Å². The van der Waals surface area contributed by atoms with Crippen LogP contribution >= 0.6 is 0 Å². The van der Waals surface area contributed by atoms with Crippen LogP contribution in [0.3, 0.4) is 0 Å². The average Bonchev–Trinajstić information content (AvgIpc) is 2.45. The Bertz CT molecular complexity index is 428. The molecule has 0 fully saturated rings. The van der Waals surface area contributed by atoms with E-state index in [4.69, 9.17) is 14.6 Å². The van der Waals surface area contributed by atoms with Crippen LogP contribution < -0.4 is 9.47 Å². The highest BCUT2D eigenvalue weighted by atomic mass is 16.5. The van der Waals surface area contributed by atoms with Gasteiger partial charge in [0.15, 0.2) is 18.1 Å². The Morgan fingerprint density at radius 2 is 2.05 bits per heavy atom. The number of hydrogen-bond acceptors (Lipinski definition) is 4. The lowest BCUT2D eigenvalue weighted by molar-refractivity contribution is -0.133. The van der Waals surface area contributed by atoms with E-state index < -0.39 is 0 Å². The fourth-order valence-electron chi connectivity index (χ4n) is 1.88. The molecule has 1 aromatic carbocycles. The topological polar surface area (TPSA) is 59.0 Å². The van der Waals surface area contributed by atoms with E-state index in [0.717, 1.165) is 12.0 Å². The summed E-state index contributed by atoms with van der Waals surface area (Å²) in [5.74, 6) is 1.03. The lowest BCUT2D eigenvalue weighted by Gasteiger charge is -2.21. The molecule has 0 aliphatic rings. The van der Waals surface area contributed by atoms with Gasteiger partial charge in [0.05, 0.1) is 13.7 Å². The molecular weight excluding hydrogens is 258 g/mol. The molecule has 0 bridgehead atoms. The van der Waals surface area contributed by atoms with Gasteiger partial charge >= 0.3 is 0 Å². The molecule has 20 heavy (non-hydrogen) atoms. The van der Waals surface area contributed by atoms with E-state index in [1.165, 1.54) is 0 Å². The molecule has 0 aliphatic carbocycles. The normalized spacial score (nSPS) is 10.2. The lowest BCUT2D eigenvalue weighted by atomic mass is 10.2. The summed E-state index contributed by atoms with van der Waals surface area (Å²) < 4.78 is 10.7. The van der Waals surface area contributed by atoms with Crippen molar-refractivity contribution in [1.82, 2.24) is 4.90 Å². The summed E-state index contributed by atoms with van der Waals surface area (Å²) in [5.41, 5.74) is 1.06. The monoisotopic (exact) mass is 281 g/mol. The third kappa shape index (κ3) is 4.74. The first-order valence-electron chi connectivity index (χ1n) is 6.78. The van der Waals surface area contributed by atoms with Gasteiger partial charge in [0, 0.05) is 13.1 Å². The Morgan fingerprint density at radius 1 is 1.30 bits per heavy atom. The number of hydrogen-bond donors (Lipinski definition) is 1. The second-order valence-electron chi connectivity index (χ2n) is 4.55. The van der Waals surface area contributed by atoms with Crippen molar-refractivity contribution in [3.05, 3.63) is 23.8 Å². The lowest BCUT2D eigenvalue weighted by Crippen LogP contribution is -2.37. The van der Waals surface area contributed by atoms with E-state index in [9.17, 15) is 4.79 Å². The van der Waals surface area contributed by atoms with Crippen LogP contribution in [0, 0.1) is 6.92 Å². The van der Waals surface area contributed by atoms with E-state index >= 15 is 0 Å². The molecule has 1 amide bonds. The van der Waals surface area contributed by atoms with Crippen LogP contribution in [0.5, 0.6) is 11.5 Å². The summed E-state index contributed by atoms with van der Waals surface area (Å²) in [5, 5.41) is 8.96. The number of benzene rings is 1. The summed E-state index contributed by atoms with van der Waals surface area (Å²) in [6, 6.07) is 5.55. The van der Waals surface area contributed by atoms with Crippen molar-refractivity contribution >= 4 is 5.91 Å². The molecule has 1 aromatic rings. The van der Waals surface area contributed by atoms with Gasteiger partial charge in [0.2, 0.25) is 0 Å². The predicted molar refractivity (Wildman–Crippen MR) is 77.2 cm³/mol. The molecule has 0 spiro atoms. The molecule has 1 rings (SSSR count). The van der Waals surface area contributed by atoms with Gasteiger partial charge in [0.25, 0.3) is 5.91 Å². The van der Waals surface area contributed by atoms with Crippen molar-refractivity contribution in [3.63, 3.8) is 0 Å². The van der Waals surface area contributed by atoms with Gasteiger partial charge in [-0.05, 0) is 31.0 Å². The van der Waals surface area contributed by atoms with Crippen LogP contribution in [0.25, 0.3) is 0 Å². The molecule has 0 aliphatic heterocycles. The van der Waals surface area contributed by atoms with E-state index in [0.29, 0.717) is 24.6 Å². The van der Waals surface area contributed by atoms with Crippen molar-refractivity contribution < 1.29 is 19.4 Å². The highest BCUT2D eigenvalue weighted by molar-refractivity contribution is 5.77. The van der Waals surface area contributed by atoms with E-state index in [1.54, 1.807) is 18.1 Å². The van der Waals surface area contributed by atoms with E-state index in [2.05, 4.69) is 0 Å². The van der Waals surface area contributed by atoms with E-state index in [1.807, 2.05) is 26.0 Å². The molecule has 0 aromatic heterocycles. The summed E-state index contributed by atoms with van der Waals surface area (Å²) in [6.45, 7) is 4.80. The predicted octanol–water partition coefficient (Wildman–Crippen LogP) is 1.61. The van der Waals surface area contributed by atoms with Crippen molar-refractivity contribution in [3.8, 4) is 11.5 Å². The Morgan fingerprint density at radius 3 is 2.65 bits per heavy atom. The molecule has 5 nitrogen and oxygen atoms in total. The number of aryl methyl sites for hydroxylation is 1. The average molecular weight is 281 g/mol. The number of nitrogens with zero attached hydrogens (tertiary/aromatic N) is 1. The maximum Gasteiger partial charge on any atom is 0.260 e. The van der Waals surface area contributed by atoms with Crippen LogP contribution in [-0.4, -0.2) is 49.3 Å². The van der Waals surface area contributed by atoms with Crippen molar-refractivity contribution in [2.45, 2.75) is 20.3 Å². The number of methoxy groups -OCH3 is 1. The Hall–Kier alpha value is -1.75. The van der Waals surface area contributed by atoms with Crippen LogP contribution in [-0.2, 0) is 4.79 Å². The minimum absolute atomic E-state index is 0.0421.